The van der Waals surface area contributed by atoms with Crippen molar-refractivity contribution in [3.05, 3.63) is 23.8 Å². The van der Waals surface area contributed by atoms with Crippen LogP contribution in [0.1, 0.15) is 18.4 Å². The van der Waals surface area contributed by atoms with Crippen molar-refractivity contribution < 1.29 is 14.3 Å². The molecule has 3 rings (SSSR count). The molecule has 2 aliphatic rings. The van der Waals surface area contributed by atoms with Crippen LogP contribution in [0.3, 0.4) is 0 Å². The first-order valence-corrected chi connectivity index (χ1v) is 7.17. The molecule has 0 aromatic heterocycles. The van der Waals surface area contributed by atoms with Gasteiger partial charge >= 0.3 is 0 Å². The zero-order valence-corrected chi connectivity index (χ0v) is 11.5. The van der Waals surface area contributed by atoms with Gasteiger partial charge in [0.1, 0.15) is 0 Å². The van der Waals surface area contributed by atoms with Crippen LogP contribution in [0.5, 0.6) is 11.5 Å². The molecule has 0 spiro atoms. The molecular formula is C15H20N2O3. The first-order valence-electron chi connectivity index (χ1n) is 7.17. The van der Waals surface area contributed by atoms with Gasteiger partial charge < -0.3 is 20.1 Å². The summed E-state index contributed by atoms with van der Waals surface area (Å²) in [5.41, 5.74) is 0.952. The van der Waals surface area contributed by atoms with Gasteiger partial charge in [-0.1, -0.05) is 6.07 Å². The zero-order valence-electron chi connectivity index (χ0n) is 11.5. The van der Waals surface area contributed by atoms with Crippen LogP contribution in [0.2, 0.25) is 0 Å². The standard InChI is InChI=1S/C15H20N2O3/c18-15(17-9-12-2-1-5-16-8-12)7-11-3-4-13-14(6-11)20-10-19-13/h3-4,6,12,16H,1-2,5,7-10H2,(H,17,18). The Bertz CT molecular complexity index is 484. The van der Waals surface area contributed by atoms with Gasteiger partial charge in [0.2, 0.25) is 12.7 Å². The molecule has 1 aromatic rings. The summed E-state index contributed by atoms with van der Waals surface area (Å²) in [5, 5.41) is 6.37. The first-order chi connectivity index (χ1) is 9.81. The fourth-order valence-electron chi connectivity index (χ4n) is 2.66. The average molecular weight is 276 g/mol. The van der Waals surface area contributed by atoms with E-state index in [1.807, 2.05) is 18.2 Å². The van der Waals surface area contributed by atoms with Gasteiger partial charge in [-0.05, 0) is 49.5 Å². The molecule has 0 aliphatic carbocycles. The average Bonchev–Trinajstić information content (AvgIpc) is 2.94. The summed E-state index contributed by atoms with van der Waals surface area (Å²) < 4.78 is 10.6. The largest absolute Gasteiger partial charge is 0.454 e. The van der Waals surface area contributed by atoms with Crippen LogP contribution < -0.4 is 20.1 Å². The summed E-state index contributed by atoms with van der Waals surface area (Å²) in [6, 6.07) is 5.65. The van der Waals surface area contributed by atoms with Crippen molar-refractivity contribution in [2.75, 3.05) is 26.4 Å². The van der Waals surface area contributed by atoms with Gasteiger partial charge in [-0.2, -0.15) is 0 Å². The summed E-state index contributed by atoms with van der Waals surface area (Å²) in [7, 11) is 0. The molecule has 0 saturated carbocycles. The number of hydrogen-bond donors (Lipinski definition) is 2. The second-order valence-corrected chi connectivity index (χ2v) is 5.38. The minimum Gasteiger partial charge on any atom is -0.454 e. The Morgan fingerprint density at radius 1 is 1.35 bits per heavy atom. The Morgan fingerprint density at radius 3 is 3.10 bits per heavy atom. The molecule has 5 heteroatoms. The van der Waals surface area contributed by atoms with Crippen LogP contribution in [0.4, 0.5) is 0 Å². The Balaban J connectivity index is 1.48. The molecule has 2 heterocycles. The van der Waals surface area contributed by atoms with Crippen molar-refractivity contribution in [2.45, 2.75) is 19.3 Å². The molecule has 0 radical (unpaired) electrons. The summed E-state index contributed by atoms with van der Waals surface area (Å²) in [6.45, 7) is 3.13. The van der Waals surface area contributed by atoms with Crippen LogP contribution in [0.15, 0.2) is 18.2 Å². The number of amides is 1. The van der Waals surface area contributed by atoms with Gasteiger partial charge in [0.25, 0.3) is 0 Å². The van der Waals surface area contributed by atoms with Crippen molar-refractivity contribution in [1.82, 2.24) is 10.6 Å². The third kappa shape index (κ3) is 3.22. The van der Waals surface area contributed by atoms with Gasteiger partial charge in [0.05, 0.1) is 6.42 Å². The quantitative estimate of drug-likeness (QED) is 0.864. The first kappa shape index (κ1) is 13.2. The van der Waals surface area contributed by atoms with Crippen LogP contribution >= 0.6 is 0 Å². The van der Waals surface area contributed by atoms with Crippen molar-refractivity contribution >= 4 is 5.91 Å². The van der Waals surface area contributed by atoms with E-state index in [-0.39, 0.29) is 12.7 Å². The molecule has 2 N–H and O–H groups in total. The Kier molecular flexibility index (Phi) is 4.06. The van der Waals surface area contributed by atoms with Crippen molar-refractivity contribution in [1.29, 1.82) is 0 Å². The normalized spacial score (nSPS) is 20.7. The third-order valence-corrected chi connectivity index (χ3v) is 3.79. The van der Waals surface area contributed by atoms with Crippen molar-refractivity contribution in [3.8, 4) is 11.5 Å². The molecule has 1 amide bonds. The van der Waals surface area contributed by atoms with Crippen LogP contribution in [-0.4, -0.2) is 32.3 Å². The van der Waals surface area contributed by atoms with Gasteiger partial charge in [-0.3, -0.25) is 4.79 Å². The van der Waals surface area contributed by atoms with Gasteiger partial charge in [0, 0.05) is 6.54 Å². The molecule has 20 heavy (non-hydrogen) atoms. The lowest BCUT2D eigenvalue weighted by Gasteiger charge is -2.22. The molecule has 5 nitrogen and oxygen atoms in total. The number of piperidine rings is 1. The second kappa shape index (κ2) is 6.13. The van der Waals surface area contributed by atoms with E-state index in [1.54, 1.807) is 0 Å². The molecule has 108 valence electrons. The van der Waals surface area contributed by atoms with E-state index in [0.29, 0.717) is 12.3 Å². The Labute approximate surface area is 118 Å². The number of fused-ring (bicyclic) bond motifs is 1. The number of nitrogens with one attached hydrogen (secondary N) is 2. The fourth-order valence-corrected chi connectivity index (χ4v) is 2.66. The maximum atomic E-state index is 12.0. The Morgan fingerprint density at radius 2 is 2.25 bits per heavy atom. The number of carbonyl (C=O) groups excluding carboxylic acids is 1. The lowest BCUT2D eigenvalue weighted by Crippen LogP contribution is -2.38. The van der Waals surface area contributed by atoms with E-state index >= 15 is 0 Å². The number of carbonyl (C=O) groups is 1. The van der Waals surface area contributed by atoms with Gasteiger partial charge in [0.15, 0.2) is 11.5 Å². The van der Waals surface area contributed by atoms with Crippen LogP contribution in [-0.2, 0) is 11.2 Å². The molecule has 1 aromatic carbocycles. The molecule has 1 saturated heterocycles. The van der Waals surface area contributed by atoms with E-state index in [0.717, 1.165) is 36.7 Å². The monoisotopic (exact) mass is 276 g/mol. The van der Waals surface area contributed by atoms with Gasteiger partial charge in [-0.15, -0.1) is 0 Å². The summed E-state index contributed by atoms with van der Waals surface area (Å²) in [5.74, 6) is 2.10. The van der Waals surface area contributed by atoms with E-state index in [2.05, 4.69) is 10.6 Å². The number of ether oxygens (including phenoxy) is 2. The molecular weight excluding hydrogens is 256 g/mol. The number of benzene rings is 1. The highest BCUT2D eigenvalue weighted by molar-refractivity contribution is 5.78. The Hall–Kier alpha value is -1.75. The van der Waals surface area contributed by atoms with Crippen molar-refractivity contribution in [3.63, 3.8) is 0 Å². The van der Waals surface area contributed by atoms with Crippen molar-refractivity contribution in [2.24, 2.45) is 5.92 Å². The SMILES string of the molecule is O=C(Cc1ccc2c(c1)OCO2)NCC1CCCNC1. The molecule has 0 bridgehead atoms. The minimum atomic E-state index is 0.0643. The lowest BCUT2D eigenvalue weighted by atomic mass is 9.99. The smallest absolute Gasteiger partial charge is 0.231 e. The highest BCUT2D eigenvalue weighted by Gasteiger charge is 2.16. The fraction of sp³-hybridized carbons (Fsp3) is 0.533. The molecule has 1 fully saturated rings. The van der Waals surface area contributed by atoms with Crippen LogP contribution in [0, 0.1) is 5.92 Å². The number of hydrogen-bond acceptors (Lipinski definition) is 4. The number of rotatable bonds is 4. The summed E-state index contributed by atoms with van der Waals surface area (Å²) >= 11 is 0. The molecule has 1 unspecified atom stereocenters. The summed E-state index contributed by atoms with van der Waals surface area (Å²) in [4.78, 5) is 12.0. The third-order valence-electron chi connectivity index (χ3n) is 3.79. The predicted octanol–water partition coefficient (Wildman–Crippen LogP) is 1.07. The second-order valence-electron chi connectivity index (χ2n) is 5.38. The van der Waals surface area contributed by atoms with E-state index in [1.165, 1.54) is 12.8 Å². The topological polar surface area (TPSA) is 59.6 Å². The molecule has 2 aliphatic heterocycles. The van der Waals surface area contributed by atoms with E-state index in [4.69, 9.17) is 9.47 Å². The maximum absolute atomic E-state index is 12.0. The maximum Gasteiger partial charge on any atom is 0.231 e. The molecule has 1 atom stereocenters. The highest BCUT2D eigenvalue weighted by Crippen LogP contribution is 2.32. The minimum absolute atomic E-state index is 0.0643. The van der Waals surface area contributed by atoms with Crippen LogP contribution in [0.25, 0.3) is 0 Å². The van der Waals surface area contributed by atoms with Gasteiger partial charge in [-0.25, -0.2) is 0 Å². The lowest BCUT2D eigenvalue weighted by molar-refractivity contribution is -0.120. The predicted molar refractivity (Wildman–Crippen MR) is 74.9 cm³/mol. The summed E-state index contributed by atoms with van der Waals surface area (Å²) in [6.07, 6.45) is 2.77. The zero-order chi connectivity index (χ0) is 13.8. The van der Waals surface area contributed by atoms with E-state index < -0.39 is 0 Å². The highest BCUT2D eigenvalue weighted by atomic mass is 16.7. The van der Waals surface area contributed by atoms with E-state index in [9.17, 15) is 4.79 Å².